The van der Waals surface area contributed by atoms with Crippen molar-refractivity contribution < 1.29 is 10.0 Å². The van der Waals surface area contributed by atoms with Crippen LogP contribution in [0.1, 0.15) is 17.5 Å². The summed E-state index contributed by atoms with van der Waals surface area (Å²) >= 11 is 0. The molecule has 0 amide bonds. The highest BCUT2D eigenvalue weighted by molar-refractivity contribution is 5.52. The second-order valence-electron chi connectivity index (χ2n) is 4.82. The molecule has 0 aliphatic heterocycles. The van der Waals surface area contributed by atoms with Crippen LogP contribution in [0.25, 0.3) is 12.2 Å². The molecule has 0 spiro atoms. The van der Waals surface area contributed by atoms with E-state index < -0.39 is 11.0 Å². The highest BCUT2D eigenvalue weighted by Gasteiger charge is 2.02. The third-order valence-electron chi connectivity index (χ3n) is 3.10. The number of nitro benzene ring substituents is 1. The quantitative estimate of drug-likeness (QED) is 0.645. The van der Waals surface area contributed by atoms with Gasteiger partial charge in [0.1, 0.15) is 0 Å². The smallest absolute Gasteiger partial charge is 0.269 e. The molecule has 1 unspecified atom stereocenters. The van der Waals surface area contributed by atoms with Gasteiger partial charge in [-0.1, -0.05) is 54.6 Å². The number of hydrogen-bond donors (Lipinski definition) is 1. The number of nitrogens with zero attached hydrogens (tertiary/aromatic N) is 1. The second-order valence-corrected chi connectivity index (χ2v) is 4.82. The number of rotatable bonds is 6. The van der Waals surface area contributed by atoms with Gasteiger partial charge in [-0.05, 0) is 29.7 Å². The molecule has 0 bridgehead atoms. The van der Waals surface area contributed by atoms with Crippen LogP contribution in [0.4, 0.5) is 5.69 Å². The van der Waals surface area contributed by atoms with Crippen LogP contribution in [-0.4, -0.2) is 16.1 Å². The average Bonchev–Trinajstić information content (AvgIpc) is 2.54. The Balaban J connectivity index is 1.86. The highest BCUT2D eigenvalue weighted by Crippen LogP contribution is 2.13. The fourth-order valence-electron chi connectivity index (χ4n) is 1.92. The van der Waals surface area contributed by atoms with E-state index in [4.69, 9.17) is 0 Å². The molecular weight excluding hydrogens is 278 g/mol. The van der Waals surface area contributed by atoms with E-state index in [2.05, 4.69) is 0 Å². The molecule has 0 aliphatic rings. The van der Waals surface area contributed by atoms with E-state index in [0.29, 0.717) is 6.42 Å². The van der Waals surface area contributed by atoms with Crippen LogP contribution in [-0.2, 0) is 0 Å². The van der Waals surface area contributed by atoms with Crippen LogP contribution in [0, 0.1) is 10.1 Å². The van der Waals surface area contributed by atoms with Crippen LogP contribution in [0.3, 0.4) is 0 Å². The third kappa shape index (κ3) is 5.00. The normalized spacial score (nSPS) is 12.8. The van der Waals surface area contributed by atoms with Gasteiger partial charge in [0, 0.05) is 12.1 Å². The minimum Gasteiger partial charge on any atom is -0.389 e. The zero-order valence-electron chi connectivity index (χ0n) is 12.0. The first-order valence-corrected chi connectivity index (χ1v) is 6.97. The minimum absolute atomic E-state index is 0.0722. The Morgan fingerprint density at radius 1 is 1.00 bits per heavy atom. The second kappa shape index (κ2) is 7.90. The standard InChI is InChI=1S/C18H17NO3/c20-18(14-11-15-5-2-1-3-6-15)8-4-7-16-9-12-17(13-10-16)19(21)22/h1-7,9-14,18,20H,8H2/b7-4-,14-11+. The molecule has 0 radical (unpaired) electrons. The summed E-state index contributed by atoms with van der Waals surface area (Å²) in [5.41, 5.74) is 1.98. The van der Waals surface area contributed by atoms with Crippen molar-refractivity contribution in [2.75, 3.05) is 0 Å². The SMILES string of the molecule is O=[N+]([O-])c1ccc(/C=C\CC(O)/C=C/c2ccccc2)cc1. The van der Waals surface area contributed by atoms with Gasteiger partial charge in [0.25, 0.3) is 5.69 Å². The molecule has 1 N–H and O–H groups in total. The van der Waals surface area contributed by atoms with E-state index in [1.165, 1.54) is 12.1 Å². The lowest BCUT2D eigenvalue weighted by Gasteiger charge is -2.01. The van der Waals surface area contributed by atoms with Crippen LogP contribution in [0.2, 0.25) is 0 Å². The Morgan fingerprint density at radius 2 is 1.64 bits per heavy atom. The Morgan fingerprint density at radius 3 is 2.27 bits per heavy atom. The van der Waals surface area contributed by atoms with Gasteiger partial charge in [0.15, 0.2) is 0 Å². The van der Waals surface area contributed by atoms with E-state index in [0.717, 1.165) is 11.1 Å². The van der Waals surface area contributed by atoms with Crippen LogP contribution in [0.5, 0.6) is 0 Å². The number of hydrogen-bond acceptors (Lipinski definition) is 3. The molecule has 0 aliphatic carbocycles. The summed E-state index contributed by atoms with van der Waals surface area (Å²) in [7, 11) is 0. The first kappa shape index (κ1) is 15.7. The Labute approximate surface area is 129 Å². The molecule has 0 saturated carbocycles. The maximum atomic E-state index is 10.6. The van der Waals surface area contributed by atoms with Gasteiger partial charge in [-0.15, -0.1) is 0 Å². The lowest BCUT2D eigenvalue weighted by Crippen LogP contribution is -1.98. The molecule has 2 rings (SSSR count). The van der Waals surface area contributed by atoms with Crippen molar-refractivity contribution in [3.8, 4) is 0 Å². The van der Waals surface area contributed by atoms with E-state index in [1.807, 2.05) is 48.6 Å². The van der Waals surface area contributed by atoms with Gasteiger partial charge in [0.2, 0.25) is 0 Å². The molecular formula is C18H17NO3. The van der Waals surface area contributed by atoms with E-state index in [1.54, 1.807) is 18.2 Å². The molecule has 0 saturated heterocycles. The largest absolute Gasteiger partial charge is 0.389 e. The molecule has 112 valence electrons. The molecule has 4 heteroatoms. The molecule has 0 heterocycles. The zero-order valence-corrected chi connectivity index (χ0v) is 12.0. The van der Waals surface area contributed by atoms with Crippen LogP contribution < -0.4 is 0 Å². The van der Waals surface area contributed by atoms with Gasteiger partial charge in [0.05, 0.1) is 11.0 Å². The highest BCUT2D eigenvalue weighted by atomic mass is 16.6. The first-order valence-electron chi connectivity index (χ1n) is 6.97. The summed E-state index contributed by atoms with van der Waals surface area (Å²) in [6.45, 7) is 0. The molecule has 22 heavy (non-hydrogen) atoms. The predicted molar refractivity (Wildman–Crippen MR) is 88.2 cm³/mol. The monoisotopic (exact) mass is 295 g/mol. The number of aliphatic hydroxyl groups excluding tert-OH is 1. The van der Waals surface area contributed by atoms with Crippen molar-refractivity contribution in [1.82, 2.24) is 0 Å². The predicted octanol–water partition coefficient (Wildman–Crippen LogP) is 4.07. The van der Waals surface area contributed by atoms with Gasteiger partial charge >= 0.3 is 0 Å². The van der Waals surface area contributed by atoms with Crippen LogP contribution in [0.15, 0.2) is 66.7 Å². The lowest BCUT2D eigenvalue weighted by atomic mass is 10.1. The molecule has 0 fully saturated rings. The summed E-state index contributed by atoms with van der Waals surface area (Å²) in [6, 6.07) is 16.1. The van der Waals surface area contributed by atoms with E-state index in [-0.39, 0.29) is 5.69 Å². The van der Waals surface area contributed by atoms with Crippen molar-refractivity contribution in [2.45, 2.75) is 12.5 Å². The van der Waals surface area contributed by atoms with Gasteiger partial charge in [-0.25, -0.2) is 0 Å². The minimum atomic E-state index is -0.561. The van der Waals surface area contributed by atoms with Crippen molar-refractivity contribution in [3.05, 3.63) is 88.0 Å². The molecule has 4 nitrogen and oxygen atoms in total. The number of benzene rings is 2. The Hall–Kier alpha value is -2.72. The fourth-order valence-corrected chi connectivity index (χ4v) is 1.92. The topological polar surface area (TPSA) is 63.4 Å². The maximum absolute atomic E-state index is 10.6. The van der Waals surface area contributed by atoms with Gasteiger partial charge in [-0.3, -0.25) is 10.1 Å². The summed E-state index contributed by atoms with van der Waals surface area (Å²) in [4.78, 5) is 10.1. The summed E-state index contributed by atoms with van der Waals surface area (Å²) in [6.07, 6.45) is 7.24. The molecule has 0 aromatic heterocycles. The van der Waals surface area contributed by atoms with Crippen molar-refractivity contribution in [2.24, 2.45) is 0 Å². The van der Waals surface area contributed by atoms with E-state index in [9.17, 15) is 15.2 Å². The molecule has 2 aromatic carbocycles. The summed E-state index contributed by atoms with van der Waals surface area (Å²) < 4.78 is 0. The molecule has 1 atom stereocenters. The fraction of sp³-hybridized carbons (Fsp3) is 0.111. The Kier molecular flexibility index (Phi) is 5.63. The zero-order chi connectivity index (χ0) is 15.8. The lowest BCUT2D eigenvalue weighted by molar-refractivity contribution is -0.384. The summed E-state index contributed by atoms with van der Waals surface area (Å²) in [5, 5.41) is 20.4. The van der Waals surface area contributed by atoms with Crippen LogP contribution >= 0.6 is 0 Å². The molecule has 2 aromatic rings. The van der Waals surface area contributed by atoms with Crippen molar-refractivity contribution in [1.29, 1.82) is 0 Å². The third-order valence-corrected chi connectivity index (χ3v) is 3.10. The number of non-ortho nitro benzene ring substituents is 1. The Bertz CT molecular complexity index is 660. The first-order chi connectivity index (χ1) is 10.6. The van der Waals surface area contributed by atoms with Gasteiger partial charge < -0.3 is 5.11 Å². The summed E-state index contributed by atoms with van der Waals surface area (Å²) in [5.74, 6) is 0. The van der Waals surface area contributed by atoms with Crippen molar-refractivity contribution >= 4 is 17.8 Å². The maximum Gasteiger partial charge on any atom is 0.269 e. The number of aliphatic hydroxyl groups is 1. The van der Waals surface area contributed by atoms with E-state index >= 15 is 0 Å². The average molecular weight is 295 g/mol. The number of nitro groups is 1. The van der Waals surface area contributed by atoms with Crippen molar-refractivity contribution in [3.63, 3.8) is 0 Å². The van der Waals surface area contributed by atoms with Gasteiger partial charge in [-0.2, -0.15) is 0 Å².